The van der Waals surface area contributed by atoms with Crippen molar-refractivity contribution >= 4 is 58.0 Å². The molecule has 0 fully saturated rings. The van der Waals surface area contributed by atoms with Crippen LogP contribution in [0.3, 0.4) is 0 Å². The van der Waals surface area contributed by atoms with Crippen molar-refractivity contribution in [2.45, 2.75) is 139 Å². The molecule has 0 N–H and O–H groups in total. The second-order valence-corrected chi connectivity index (χ2v) is 16.6. The van der Waals surface area contributed by atoms with Gasteiger partial charge in [0.05, 0.1) is 9.79 Å². The summed E-state index contributed by atoms with van der Waals surface area (Å²) in [5.41, 5.74) is 2.54. The summed E-state index contributed by atoms with van der Waals surface area (Å²) >= 11 is 0. The summed E-state index contributed by atoms with van der Waals surface area (Å²) in [5, 5.41) is 0. The fraction of sp³-hybridized carbons (Fsp3) is 0.455. The molecule has 4 aromatic rings. The molecule has 11 heteroatoms. The number of ether oxygens (including phenoxy) is 2. The quantitative estimate of drug-likeness (QED) is 0.0388. The largest absolute Gasteiger partial charge is 2.00 e. The number of aryl methyl sites for hydroxylation is 2. The van der Waals surface area contributed by atoms with Crippen LogP contribution in [0.25, 0.3) is 0 Å². The molecule has 0 atom stereocenters. The molecule has 0 aromatic heterocycles. The van der Waals surface area contributed by atoms with E-state index in [2.05, 4.69) is 13.8 Å². The smallest absolute Gasteiger partial charge is 0.744 e. The Kier molecular flexibility index (Phi) is 24.1. The average Bonchev–Trinajstić information content (AvgIpc) is 3.15. The van der Waals surface area contributed by atoms with Gasteiger partial charge in [0.1, 0.15) is 43.2 Å². The molecule has 0 heterocycles. The van der Waals surface area contributed by atoms with Gasteiger partial charge in [0, 0.05) is 0 Å². The average molecular weight is 819 g/mol. The first kappa shape index (κ1) is 48.7. The molecule has 4 rings (SSSR count). The summed E-state index contributed by atoms with van der Waals surface area (Å²) in [6.45, 7) is 4.48. The van der Waals surface area contributed by atoms with Crippen LogP contribution in [-0.2, 0) is 33.1 Å². The molecule has 0 aliphatic carbocycles. The van der Waals surface area contributed by atoms with E-state index in [1.807, 2.05) is 48.5 Å². The molecule has 0 amide bonds. The fourth-order valence-corrected chi connectivity index (χ4v) is 7.04. The Morgan fingerprint density at radius 3 is 1.04 bits per heavy atom. The van der Waals surface area contributed by atoms with Gasteiger partial charge in [0.25, 0.3) is 0 Å². The normalized spacial score (nSPS) is 11.3. The fourth-order valence-electron chi connectivity index (χ4n) is 6.03. The van der Waals surface area contributed by atoms with Gasteiger partial charge in [-0.1, -0.05) is 140 Å². The van der Waals surface area contributed by atoms with Crippen LogP contribution in [0.5, 0.6) is 23.0 Å². The Morgan fingerprint density at radius 2 is 0.727 bits per heavy atom. The number of rotatable bonds is 24. The number of hydrogen-bond donors (Lipinski definition) is 0. The maximum atomic E-state index is 11.1. The van der Waals surface area contributed by atoms with Crippen molar-refractivity contribution in [2.75, 3.05) is 0 Å². The van der Waals surface area contributed by atoms with Gasteiger partial charge in [-0.2, -0.15) is 0 Å². The van der Waals surface area contributed by atoms with E-state index in [4.69, 9.17) is 9.47 Å². The third-order valence-corrected chi connectivity index (χ3v) is 10.8. The van der Waals surface area contributed by atoms with Gasteiger partial charge in [0.15, 0.2) is 0 Å². The number of hydrogen-bond acceptors (Lipinski definition) is 8. The Bertz CT molecular complexity index is 1710. The first-order chi connectivity index (χ1) is 26.0. The Labute approximate surface area is 361 Å². The zero-order chi connectivity index (χ0) is 39.1. The Morgan fingerprint density at radius 1 is 0.418 bits per heavy atom. The molecule has 0 bridgehead atoms. The molecule has 0 aliphatic rings. The van der Waals surface area contributed by atoms with E-state index in [1.165, 1.54) is 150 Å². The minimum Gasteiger partial charge on any atom is -0.744 e. The van der Waals surface area contributed by atoms with Crippen LogP contribution in [0.15, 0.2) is 107 Å². The van der Waals surface area contributed by atoms with E-state index >= 15 is 0 Å². The third-order valence-electron chi connectivity index (χ3n) is 9.14. The van der Waals surface area contributed by atoms with E-state index in [0.29, 0.717) is 23.0 Å². The number of benzene rings is 4. The van der Waals surface area contributed by atoms with Crippen LogP contribution in [0.2, 0.25) is 0 Å². The van der Waals surface area contributed by atoms with Gasteiger partial charge >= 0.3 is 37.7 Å². The summed E-state index contributed by atoms with van der Waals surface area (Å²) < 4.78 is 77.8. The minimum absolute atomic E-state index is 0. The first-order valence-electron chi connectivity index (χ1n) is 19.6. The summed E-state index contributed by atoms with van der Waals surface area (Å²) in [6, 6.07) is 26.9. The summed E-state index contributed by atoms with van der Waals surface area (Å²) in [4.78, 5) is -0.572. The van der Waals surface area contributed by atoms with E-state index in [9.17, 15) is 25.9 Å². The van der Waals surface area contributed by atoms with Gasteiger partial charge in [-0.3, -0.25) is 0 Å². The molecule has 0 radical (unpaired) electrons. The van der Waals surface area contributed by atoms with Crippen LogP contribution in [0, 0.1) is 0 Å². The predicted octanol–water partition coefficient (Wildman–Crippen LogP) is 11.8. The van der Waals surface area contributed by atoms with Crippen LogP contribution < -0.4 is 9.47 Å². The van der Waals surface area contributed by atoms with Crippen molar-refractivity contribution in [3.05, 3.63) is 108 Å². The van der Waals surface area contributed by atoms with Crippen LogP contribution >= 0.6 is 0 Å². The predicted molar refractivity (Wildman–Crippen MR) is 220 cm³/mol. The molecule has 0 unspecified atom stereocenters. The number of unbranched alkanes of at least 4 members (excludes halogenated alkanes) is 14. The van der Waals surface area contributed by atoms with Gasteiger partial charge in [-0.05, 0) is 97.5 Å². The molecule has 0 aliphatic heterocycles. The molecule has 8 nitrogen and oxygen atoms in total. The third kappa shape index (κ3) is 21.1. The minimum atomic E-state index is -4.48. The molecule has 0 saturated carbocycles. The van der Waals surface area contributed by atoms with Crippen molar-refractivity contribution in [1.82, 2.24) is 0 Å². The summed E-state index contributed by atoms with van der Waals surface area (Å²) in [5.74, 6) is 1.91. The Hall–Kier alpha value is -2.44. The second-order valence-electron chi connectivity index (χ2n) is 13.8. The van der Waals surface area contributed by atoms with E-state index in [0.717, 1.165) is 12.8 Å². The monoisotopic (exact) mass is 818 g/mol. The standard InChI is InChI=1S/2C22H30O4S.Ca/c2*1-2-3-4-5-6-7-8-9-11-19-14-16-20(17-15-19)26-21-12-10-13-22(18-21)27(23,24)25;/h2*10,12-18H,2-9,11H2,1H3,(H,23,24,25);/q;;+2/p-2. The summed E-state index contributed by atoms with van der Waals surface area (Å²) in [6.07, 6.45) is 23.0. The molecule has 4 aromatic carbocycles. The van der Waals surface area contributed by atoms with Crippen molar-refractivity contribution in [3.8, 4) is 23.0 Å². The maximum absolute atomic E-state index is 11.1. The molecular formula is C44H58CaO8S2. The van der Waals surface area contributed by atoms with E-state index in [-0.39, 0.29) is 47.5 Å². The second kappa shape index (κ2) is 27.2. The van der Waals surface area contributed by atoms with Gasteiger partial charge in [-0.15, -0.1) is 0 Å². The summed E-state index contributed by atoms with van der Waals surface area (Å²) in [7, 11) is -8.95. The molecule has 55 heavy (non-hydrogen) atoms. The Balaban J connectivity index is 0.000000373. The molecular weight excluding hydrogens is 761 g/mol. The first-order valence-corrected chi connectivity index (χ1v) is 22.4. The van der Waals surface area contributed by atoms with E-state index < -0.39 is 20.2 Å². The topological polar surface area (TPSA) is 133 Å². The molecule has 296 valence electrons. The van der Waals surface area contributed by atoms with Crippen molar-refractivity contribution in [1.29, 1.82) is 0 Å². The van der Waals surface area contributed by atoms with Gasteiger partial charge in [0.2, 0.25) is 0 Å². The zero-order valence-corrected chi connectivity index (χ0v) is 36.6. The van der Waals surface area contributed by atoms with Gasteiger partial charge in [-0.25, -0.2) is 16.8 Å². The molecule has 0 spiro atoms. The zero-order valence-electron chi connectivity index (χ0n) is 32.8. The SMILES string of the molecule is CCCCCCCCCCc1ccc(Oc2cccc(S(=O)(=O)[O-])c2)cc1.CCCCCCCCCCc1ccc(Oc2cccc(S(=O)(=O)[O-])c2)cc1.[Ca+2]. The van der Waals surface area contributed by atoms with Crippen LogP contribution in [0.4, 0.5) is 0 Å². The van der Waals surface area contributed by atoms with Crippen molar-refractivity contribution in [3.63, 3.8) is 0 Å². The van der Waals surface area contributed by atoms with Crippen LogP contribution in [0.1, 0.15) is 128 Å². The van der Waals surface area contributed by atoms with Gasteiger partial charge < -0.3 is 18.6 Å². The molecule has 0 saturated heterocycles. The van der Waals surface area contributed by atoms with E-state index in [1.54, 1.807) is 12.1 Å². The van der Waals surface area contributed by atoms with Crippen LogP contribution in [-0.4, -0.2) is 63.7 Å². The maximum Gasteiger partial charge on any atom is 2.00 e. The van der Waals surface area contributed by atoms with Crippen molar-refractivity contribution < 1.29 is 35.4 Å². The van der Waals surface area contributed by atoms with Crippen molar-refractivity contribution in [2.24, 2.45) is 0 Å².